The van der Waals surface area contributed by atoms with Gasteiger partial charge in [0.1, 0.15) is 11.5 Å². The van der Waals surface area contributed by atoms with Gasteiger partial charge in [0, 0.05) is 11.6 Å². The monoisotopic (exact) mass is 329 g/mol. The van der Waals surface area contributed by atoms with Gasteiger partial charge in [-0.3, -0.25) is 0 Å². The van der Waals surface area contributed by atoms with Crippen molar-refractivity contribution in [2.24, 2.45) is 0 Å². The maximum absolute atomic E-state index is 13.8. The Hall–Kier alpha value is -1.73. The maximum atomic E-state index is 13.8. The molecular formula is C12H9BrFNO4. The summed E-state index contributed by atoms with van der Waals surface area (Å²) in [6.07, 6.45) is 0. The summed E-state index contributed by atoms with van der Waals surface area (Å²) < 4.78 is 24.1. The summed E-state index contributed by atoms with van der Waals surface area (Å²) in [6.45, 7) is -0.0306. The number of carboxylic acid groups (broad SMARTS) is 1. The van der Waals surface area contributed by atoms with E-state index >= 15 is 0 Å². The number of benzene rings is 1. The third-order valence-corrected chi connectivity index (χ3v) is 3.01. The fourth-order valence-corrected chi connectivity index (χ4v) is 2.07. The topological polar surface area (TPSA) is 72.6 Å². The van der Waals surface area contributed by atoms with Gasteiger partial charge in [0.2, 0.25) is 11.7 Å². The minimum absolute atomic E-state index is 0.0306. The maximum Gasteiger partial charge on any atom is 0.373 e. The highest BCUT2D eigenvalue weighted by Crippen LogP contribution is 2.31. The quantitative estimate of drug-likeness (QED) is 0.933. The standard InChI is InChI=1S/C12H9BrFNO4/c1-18-5-8-10(12(16)17)19-11(15-8)9-6(13)3-2-4-7(9)14/h2-4H,5H2,1H3,(H,16,17). The molecule has 100 valence electrons. The van der Waals surface area contributed by atoms with Crippen LogP contribution in [0.1, 0.15) is 16.2 Å². The molecule has 0 bridgehead atoms. The molecule has 0 radical (unpaired) electrons. The summed E-state index contributed by atoms with van der Waals surface area (Å²) in [5, 5.41) is 9.00. The predicted octanol–water partition coefficient (Wildman–Crippen LogP) is 3.09. The molecule has 0 saturated heterocycles. The van der Waals surface area contributed by atoms with Crippen LogP contribution >= 0.6 is 15.9 Å². The molecule has 1 heterocycles. The summed E-state index contributed by atoms with van der Waals surface area (Å²) in [7, 11) is 1.40. The van der Waals surface area contributed by atoms with Gasteiger partial charge in [0.05, 0.1) is 12.2 Å². The number of hydrogen-bond acceptors (Lipinski definition) is 4. The Morgan fingerprint density at radius 1 is 1.58 bits per heavy atom. The van der Waals surface area contributed by atoms with Crippen LogP contribution in [0.5, 0.6) is 0 Å². The highest BCUT2D eigenvalue weighted by atomic mass is 79.9. The van der Waals surface area contributed by atoms with Crippen LogP contribution in [-0.2, 0) is 11.3 Å². The van der Waals surface area contributed by atoms with E-state index in [1.54, 1.807) is 6.07 Å². The Bertz CT molecular complexity index is 606. The van der Waals surface area contributed by atoms with Crippen molar-refractivity contribution in [3.63, 3.8) is 0 Å². The molecule has 7 heteroatoms. The van der Waals surface area contributed by atoms with E-state index in [2.05, 4.69) is 20.9 Å². The third kappa shape index (κ3) is 2.66. The van der Waals surface area contributed by atoms with Gasteiger partial charge in [-0.05, 0) is 28.1 Å². The van der Waals surface area contributed by atoms with Crippen LogP contribution in [0.15, 0.2) is 27.1 Å². The molecule has 1 aromatic carbocycles. The van der Waals surface area contributed by atoms with Gasteiger partial charge in [0.25, 0.3) is 0 Å². The van der Waals surface area contributed by atoms with Crippen molar-refractivity contribution >= 4 is 21.9 Å². The van der Waals surface area contributed by atoms with E-state index in [1.807, 2.05) is 0 Å². The van der Waals surface area contributed by atoms with Crippen molar-refractivity contribution in [3.05, 3.63) is 39.9 Å². The van der Waals surface area contributed by atoms with Gasteiger partial charge in [-0.1, -0.05) is 6.07 Å². The Labute approximate surface area is 116 Å². The lowest BCUT2D eigenvalue weighted by atomic mass is 10.2. The SMILES string of the molecule is COCc1nc(-c2c(F)cccc2Br)oc1C(=O)O. The molecule has 0 aliphatic rings. The minimum Gasteiger partial charge on any atom is -0.475 e. The van der Waals surface area contributed by atoms with E-state index in [4.69, 9.17) is 14.3 Å². The number of oxazole rings is 1. The van der Waals surface area contributed by atoms with E-state index in [1.165, 1.54) is 19.2 Å². The van der Waals surface area contributed by atoms with Crippen molar-refractivity contribution in [1.29, 1.82) is 0 Å². The molecular weight excluding hydrogens is 321 g/mol. The molecule has 2 rings (SSSR count). The van der Waals surface area contributed by atoms with Crippen LogP contribution in [0, 0.1) is 5.82 Å². The van der Waals surface area contributed by atoms with Crippen molar-refractivity contribution < 1.29 is 23.4 Å². The summed E-state index contributed by atoms with van der Waals surface area (Å²) >= 11 is 3.17. The number of ether oxygens (including phenoxy) is 1. The molecule has 5 nitrogen and oxygen atoms in total. The summed E-state index contributed by atoms with van der Waals surface area (Å²) in [5.41, 5.74) is 0.188. The van der Waals surface area contributed by atoms with Gasteiger partial charge in [0.15, 0.2) is 0 Å². The normalized spacial score (nSPS) is 10.7. The van der Waals surface area contributed by atoms with Crippen molar-refractivity contribution in [2.75, 3.05) is 7.11 Å². The summed E-state index contributed by atoms with van der Waals surface area (Å²) in [6, 6.07) is 4.36. The molecule has 0 aliphatic heterocycles. The fraction of sp³-hybridized carbons (Fsp3) is 0.167. The van der Waals surface area contributed by atoms with E-state index in [-0.39, 0.29) is 29.5 Å². The van der Waals surface area contributed by atoms with Gasteiger partial charge in [-0.15, -0.1) is 0 Å². The molecule has 0 unspecified atom stereocenters. The molecule has 0 amide bonds. The van der Waals surface area contributed by atoms with E-state index < -0.39 is 11.8 Å². The smallest absolute Gasteiger partial charge is 0.373 e. The first-order chi connectivity index (χ1) is 9.04. The molecule has 0 fully saturated rings. The molecule has 0 saturated carbocycles. The van der Waals surface area contributed by atoms with E-state index in [0.29, 0.717) is 4.47 Å². The fourth-order valence-electron chi connectivity index (χ4n) is 1.56. The second kappa shape index (κ2) is 5.50. The number of aromatic carboxylic acids is 1. The summed E-state index contributed by atoms with van der Waals surface area (Å²) in [5.74, 6) is -2.30. The van der Waals surface area contributed by atoms with E-state index in [0.717, 1.165) is 0 Å². The van der Waals surface area contributed by atoms with Crippen LogP contribution in [0.3, 0.4) is 0 Å². The lowest BCUT2D eigenvalue weighted by Crippen LogP contribution is -2.00. The second-order valence-electron chi connectivity index (χ2n) is 3.63. The molecule has 0 atom stereocenters. The lowest BCUT2D eigenvalue weighted by Gasteiger charge is -2.00. The van der Waals surface area contributed by atoms with Crippen molar-refractivity contribution in [1.82, 2.24) is 4.98 Å². The van der Waals surface area contributed by atoms with Gasteiger partial charge in [-0.2, -0.15) is 0 Å². The number of halogens is 2. The molecule has 19 heavy (non-hydrogen) atoms. The number of rotatable bonds is 4. The zero-order valence-corrected chi connectivity index (χ0v) is 11.4. The second-order valence-corrected chi connectivity index (χ2v) is 4.48. The number of aromatic nitrogens is 1. The van der Waals surface area contributed by atoms with Gasteiger partial charge in [-0.25, -0.2) is 14.2 Å². The number of nitrogens with zero attached hydrogens (tertiary/aromatic N) is 1. The Balaban J connectivity index is 2.57. The largest absolute Gasteiger partial charge is 0.475 e. The van der Waals surface area contributed by atoms with Crippen molar-refractivity contribution in [3.8, 4) is 11.5 Å². The van der Waals surface area contributed by atoms with Gasteiger partial charge < -0.3 is 14.3 Å². The summed E-state index contributed by atoms with van der Waals surface area (Å²) in [4.78, 5) is 15.0. The first-order valence-electron chi connectivity index (χ1n) is 5.21. The van der Waals surface area contributed by atoms with Crippen LogP contribution in [0.4, 0.5) is 4.39 Å². The molecule has 0 spiro atoms. The number of methoxy groups -OCH3 is 1. The number of hydrogen-bond donors (Lipinski definition) is 1. The molecule has 1 N–H and O–H groups in total. The molecule has 2 aromatic rings. The minimum atomic E-state index is -1.28. The first kappa shape index (κ1) is 13.7. The highest BCUT2D eigenvalue weighted by molar-refractivity contribution is 9.10. The van der Waals surface area contributed by atoms with E-state index in [9.17, 15) is 9.18 Å². The zero-order chi connectivity index (χ0) is 14.0. The lowest BCUT2D eigenvalue weighted by molar-refractivity contribution is 0.0656. The van der Waals surface area contributed by atoms with Crippen LogP contribution in [0.25, 0.3) is 11.5 Å². The Morgan fingerprint density at radius 2 is 2.32 bits per heavy atom. The number of carbonyl (C=O) groups is 1. The van der Waals surface area contributed by atoms with Crippen LogP contribution < -0.4 is 0 Å². The molecule has 1 aromatic heterocycles. The van der Waals surface area contributed by atoms with Crippen LogP contribution in [0.2, 0.25) is 0 Å². The third-order valence-electron chi connectivity index (χ3n) is 2.35. The van der Waals surface area contributed by atoms with Crippen LogP contribution in [-0.4, -0.2) is 23.2 Å². The average molecular weight is 330 g/mol. The predicted molar refractivity (Wildman–Crippen MR) is 67.3 cm³/mol. The van der Waals surface area contributed by atoms with Crippen molar-refractivity contribution in [2.45, 2.75) is 6.61 Å². The highest BCUT2D eigenvalue weighted by Gasteiger charge is 2.23. The Kier molecular flexibility index (Phi) is 3.96. The number of carboxylic acids is 1. The first-order valence-corrected chi connectivity index (χ1v) is 6.00. The molecule has 0 aliphatic carbocycles. The Morgan fingerprint density at radius 3 is 2.89 bits per heavy atom. The average Bonchev–Trinajstić information content (AvgIpc) is 2.73. The van der Waals surface area contributed by atoms with Gasteiger partial charge >= 0.3 is 5.97 Å². The zero-order valence-electron chi connectivity index (χ0n) is 9.81.